The van der Waals surface area contributed by atoms with E-state index in [1.54, 1.807) is 7.11 Å². The van der Waals surface area contributed by atoms with Crippen LogP contribution in [0.2, 0.25) is 0 Å². The van der Waals surface area contributed by atoms with Gasteiger partial charge in [0.1, 0.15) is 6.61 Å². The molecular weight excluding hydrogens is 583 g/mol. The Morgan fingerprint density at radius 3 is 2.58 bits per heavy atom. The van der Waals surface area contributed by atoms with Gasteiger partial charge in [0.05, 0.1) is 22.4 Å². The van der Waals surface area contributed by atoms with E-state index >= 15 is 0 Å². The topological polar surface area (TPSA) is 42.8 Å². The molecule has 2 aliphatic rings. The van der Waals surface area contributed by atoms with E-state index in [9.17, 15) is 0 Å². The second kappa shape index (κ2) is 11.0. The van der Waals surface area contributed by atoms with Crippen molar-refractivity contribution in [3.63, 3.8) is 0 Å². The van der Waals surface area contributed by atoms with Gasteiger partial charge in [-0.1, -0.05) is 72.8 Å². The molecule has 0 saturated carbocycles. The summed E-state index contributed by atoms with van der Waals surface area (Å²) in [4.78, 5) is 4.75. The highest BCUT2D eigenvalue weighted by Gasteiger charge is 2.37. The molecule has 190 valence electrons. The number of anilines is 1. The highest BCUT2D eigenvalue weighted by Crippen LogP contribution is 2.49. The predicted octanol–water partition coefficient (Wildman–Crippen LogP) is 8.46. The van der Waals surface area contributed by atoms with Crippen LogP contribution in [0.1, 0.15) is 40.6 Å². The van der Waals surface area contributed by atoms with Crippen LogP contribution < -0.4 is 14.8 Å². The summed E-state index contributed by atoms with van der Waals surface area (Å²) in [6.07, 6.45) is 7.69. The number of ether oxygens (including phenoxy) is 2. The Morgan fingerprint density at radius 1 is 0.974 bits per heavy atom. The van der Waals surface area contributed by atoms with E-state index in [-0.39, 0.29) is 6.04 Å². The molecule has 0 bridgehead atoms. The number of methoxy groups -OCH3 is 1. The van der Waals surface area contributed by atoms with Gasteiger partial charge in [0.2, 0.25) is 0 Å². The number of benzene rings is 4. The molecule has 1 heterocycles. The van der Waals surface area contributed by atoms with Gasteiger partial charge in [0.15, 0.2) is 11.5 Å². The lowest BCUT2D eigenvalue weighted by molar-refractivity contribution is 0.282. The summed E-state index contributed by atoms with van der Waals surface area (Å²) < 4.78 is 12.7. The van der Waals surface area contributed by atoms with Crippen molar-refractivity contribution in [1.29, 1.82) is 0 Å². The van der Waals surface area contributed by atoms with Gasteiger partial charge in [-0.3, -0.25) is 4.99 Å². The molecule has 0 saturated heterocycles. The lowest BCUT2D eigenvalue weighted by Crippen LogP contribution is -2.28. The minimum absolute atomic E-state index is 0.289. The highest BCUT2D eigenvalue weighted by molar-refractivity contribution is 14.1. The summed E-state index contributed by atoms with van der Waals surface area (Å²) in [5.74, 6) is 2.47. The first-order chi connectivity index (χ1) is 18.7. The molecule has 4 nitrogen and oxygen atoms in total. The van der Waals surface area contributed by atoms with Crippen LogP contribution in [0, 0.1) is 9.49 Å². The van der Waals surface area contributed by atoms with Crippen LogP contribution in [0.15, 0.2) is 108 Å². The molecule has 0 amide bonds. The van der Waals surface area contributed by atoms with E-state index in [4.69, 9.17) is 14.5 Å². The van der Waals surface area contributed by atoms with Crippen molar-refractivity contribution in [2.24, 2.45) is 10.9 Å². The number of hydrogen-bond acceptors (Lipinski definition) is 4. The van der Waals surface area contributed by atoms with Crippen molar-refractivity contribution >= 4 is 40.2 Å². The third-order valence-electron chi connectivity index (χ3n) is 7.36. The first-order valence-electron chi connectivity index (χ1n) is 12.9. The molecule has 0 spiro atoms. The maximum atomic E-state index is 6.10. The predicted molar refractivity (Wildman–Crippen MR) is 163 cm³/mol. The van der Waals surface area contributed by atoms with Crippen molar-refractivity contribution < 1.29 is 9.47 Å². The number of rotatable bonds is 7. The quantitative estimate of drug-likeness (QED) is 0.129. The van der Waals surface area contributed by atoms with E-state index < -0.39 is 0 Å². The fourth-order valence-electron chi connectivity index (χ4n) is 5.47. The van der Waals surface area contributed by atoms with Gasteiger partial charge in [0, 0.05) is 17.8 Å². The molecule has 38 heavy (non-hydrogen) atoms. The molecular formula is C33H29IN2O2. The zero-order chi connectivity index (χ0) is 25.9. The zero-order valence-corrected chi connectivity index (χ0v) is 23.3. The van der Waals surface area contributed by atoms with Gasteiger partial charge in [-0.25, -0.2) is 0 Å². The average Bonchev–Trinajstić information content (AvgIpc) is 3.46. The van der Waals surface area contributed by atoms with Crippen LogP contribution >= 0.6 is 22.6 Å². The maximum Gasteiger partial charge on any atom is 0.174 e. The Bertz CT molecular complexity index is 1480. The lowest BCUT2D eigenvalue weighted by Gasteiger charge is -2.37. The average molecular weight is 613 g/mol. The number of hydrogen-bond donors (Lipinski definition) is 1. The molecule has 1 aliphatic carbocycles. The first kappa shape index (κ1) is 24.7. The summed E-state index contributed by atoms with van der Waals surface area (Å²) in [6.45, 7) is 0.492. The fraction of sp³-hybridized carbons (Fsp3) is 0.182. The van der Waals surface area contributed by atoms with E-state index in [2.05, 4.69) is 107 Å². The SMILES string of the molecule is COc1cc(C=Nc2ccc([C@@H]3Nc4ccccc4[C@@H]4C=CC[C@@H]43)cc2)cc(I)c1OCc1ccccc1. The van der Waals surface area contributed by atoms with Crippen molar-refractivity contribution in [3.05, 3.63) is 129 Å². The molecule has 1 N–H and O–H groups in total. The Labute approximate surface area is 237 Å². The normalized spacial score (nSPS) is 19.6. The second-order valence-corrected chi connectivity index (χ2v) is 10.9. The Balaban J connectivity index is 1.17. The van der Waals surface area contributed by atoms with Crippen LogP contribution in [0.3, 0.4) is 0 Å². The monoisotopic (exact) mass is 612 g/mol. The summed E-state index contributed by atoms with van der Waals surface area (Å²) >= 11 is 2.29. The maximum absolute atomic E-state index is 6.10. The second-order valence-electron chi connectivity index (χ2n) is 9.72. The van der Waals surface area contributed by atoms with Gasteiger partial charge in [-0.2, -0.15) is 0 Å². The largest absolute Gasteiger partial charge is 0.493 e. The van der Waals surface area contributed by atoms with Crippen molar-refractivity contribution in [1.82, 2.24) is 0 Å². The summed E-state index contributed by atoms with van der Waals surface area (Å²) in [7, 11) is 1.67. The summed E-state index contributed by atoms with van der Waals surface area (Å²) in [5, 5.41) is 3.80. The van der Waals surface area contributed by atoms with Crippen molar-refractivity contribution in [3.8, 4) is 11.5 Å². The van der Waals surface area contributed by atoms with Crippen LogP contribution in [0.4, 0.5) is 11.4 Å². The Morgan fingerprint density at radius 2 is 1.76 bits per heavy atom. The third-order valence-corrected chi connectivity index (χ3v) is 8.17. The molecule has 6 rings (SSSR count). The molecule has 0 aromatic heterocycles. The van der Waals surface area contributed by atoms with E-state index in [0.717, 1.165) is 32.6 Å². The van der Waals surface area contributed by atoms with Gasteiger partial charge in [0.25, 0.3) is 0 Å². The molecule has 4 aromatic rings. The number of halogens is 1. The number of para-hydroxylation sites is 1. The minimum atomic E-state index is 0.289. The standard InChI is InChI=1S/C33H29IN2O2/c1-37-31-19-23(18-29(34)33(31)38-21-22-8-3-2-4-9-22)20-35-25-16-14-24(15-17-25)32-28-12-7-11-26(28)27-10-5-6-13-30(27)36-32/h2-11,13-20,26,28,32,36H,12,21H2,1H3/t26-,28-,32-/m0/s1. The molecule has 4 aromatic carbocycles. The number of allylic oxidation sites excluding steroid dienone is 2. The number of nitrogens with zero attached hydrogens (tertiary/aromatic N) is 1. The van der Waals surface area contributed by atoms with E-state index in [1.165, 1.54) is 16.8 Å². The van der Waals surface area contributed by atoms with Crippen LogP contribution in [-0.2, 0) is 6.61 Å². The molecule has 5 heteroatoms. The van der Waals surface area contributed by atoms with Crippen molar-refractivity contribution in [2.45, 2.75) is 25.0 Å². The fourth-order valence-corrected chi connectivity index (χ4v) is 6.26. The summed E-state index contributed by atoms with van der Waals surface area (Å²) in [5.41, 5.74) is 6.95. The number of nitrogens with one attached hydrogen (secondary N) is 1. The van der Waals surface area contributed by atoms with Crippen LogP contribution in [-0.4, -0.2) is 13.3 Å². The molecule has 1 aliphatic heterocycles. The van der Waals surface area contributed by atoms with Gasteiger partial charge in [-0.15, -0.1) is 0 Å². The van der Waals surface area contributed by atoms with Crippen LogP contribution in [0.25, 0.3) is 0 Å². The third kappa shape index (κ3) is 5.07. The zero-order valence-electron chi connectivity index (χ0n) is 21.2. The van der Waals surface area contributed by atoms with Crippen LogP contribution in [0.5, 0.6) is 11.5 Å². The summed E-state index contributed by atoms with van der Waals surface area (Å²) in [6, 6.07) is 31.8. The molecule has 0 unspecified atom stereocenters. The molecule has 0 fully saturated rings. The smallest absolute Gasteiger partial charge is 0.174 e. The molecule has 0 radical (unpaired) electrons. The Kier molecular flexibility index (Phi) is 7.18. The first-order valence-corrected chi connectivity index (χ1v) is 14.0. The number of aliphatic imine (C=N–C) groups is 1. The van der Waals surface area contributed by atoms with E-state index in [1.807, 2.05) is 30.5 Å². The van der Waals surface area contributed by atoms with Gasteiger partial charge >= 0.3 is 0 Å². The Hall–Kier alpha value is -3.58. The highest BCUT2D eigenvalue weighted by atomic mass is 127. The van der Waals surface area contributed by atoms with Gasteiger partial charge in [-0.05, 0) is 87.5 Å². The molecule has 3 atom stereocenters. The lowest BCUT2D eigenvalue weighted by atomic mass is 9.77. The van der Waals surface area contributed by atoms with E-state index in [0.29, 0.717) is 24.2 Å². The van der Waals surface area contributed by atoms with Gasteiger partial charge < -0.3 is 14.8 Å². The van der Waals surface area contributed by atoms with Crippen molar-refractivity contribution in [2.75, 3.05) is 12.4 Å². The number of fused-ring (bicyclic) bond motifs is 3. The minimum Gasteiger partial charge on any atom is -0.493 e.